The fraction of sp³-hybridized carbons (Fsp3) is 0.571. The second-order valence-electron chi connectivity index (χ2n) is 11.4. The summed E-state index contributed by atoms with van der Waals surface area (Å²) in [6.45, 7) is 3.85. The normalized spacial score (nSPS) is 20.2. The van der Waals surface area contributed by atoms with Crippen molar-refractivity contribution in [2.45, 2.75) is 82.8 Å². The number of hydrogen-bond donors (Lipinski definition) is 4. The van der Waals surface area contributed by atoms with Gasteiger partial charge in [0.05, 0.1) is 6.04 Å². The summed E-state index contributed by atoms with van der Waals surface area (Å²) >= 11 is 0. The molecule has 3 atom stereocenters. The van der Waals surface area contributed by atoms with Crippen molar-refractivity contribution in [2.75, 3.05) is 5.32 Å². The molecule has 0 radical (unpaired) electrons. The van der Waals surface area contributed by atoms with Crippen molar-refractivity contribution in [2.24, 2.45) is 17.8 Å². The maximum absolute atomic E-state index is 13.7. The zero-order valence-electron chi connectivity index (χ0n) is 22.4. The molecule has 0 saturated heterocycles. The average molecular weight is 562 g/mol. The molecule has 1 heterocycles. The van der Waals surface area contributed by atoms with Gasteiger partial charge in [0.1, 0.15) is 11.7 Å². The topological polar surface area (TPSA) is 125 Å². The molecule has 216 valence electrons. The monoisotopic (exact) mass is 561 g/mol. The molecule has 4 N–H and O–H groups in total. The number of rotatable bonds is 10. The Labute approximate surface area is 229 Å². The van der Waals surface area contributed by atoms with Crippen molar-refractivity contribution >= 4 is 23.4 Å². The van der Waals surface area contributed by atoms with Gasteiger partial charge in [-0.25, -0.2) is 0 Å². The molecule has 0 aliphatic heterocycles. The second kappa shape index (κ2) is 10.9. The van der Waals surface area contributed by atoms with E-state index in [9.17, 15) is 32.7 Å². The molecular weight excluding hydrogens is 527 g/mol. The van der Waals surface area contributed by atoms with Crippen LogP contribution in [0.3, 0.4) is 0 Å². The van der Waals surface area contributed by atoms with E-state index in [2.05, 4.69) is 21.0 Å². The molecule has 1 aromatic heterocycles. The highest BCUT2D eigenvalue weighted by Gasteiger charge is 2.48. The Morgan fingerprint density at radius 2 is 1.70 bits per heavy atom. The van der Waals surface area contributed by atoms with E-state index in [0.29, 0.717) is 41.6 Å². The molecule has 0 bridgehead atoms. The van der Waals surface area contributed by atoms with Crippen LogP contribution < -0.4 is 16.0 Å². The summed E-state index contributed by atoms with van der Waals surface area (Å²) < 4.78 is 39.7. The first-order valence-electron chi connectivity index (χ1n) is 13.8. The number of fused-ring (bicyclic) bond motifs is 1. The first kappa shape index (κ1) is 28.1. The van der Waals surface area contributed by atoms with Gasteiger partial charge in [-0.3, -0.25) is 19.1 Å². The highest BCUT2D eigenvalue weighted by molar-refractivity contribution is 6.01. The summed E-state index contributed by atoms with van der Waals surface area (Å²) in [4.78, 5) is 38.9. The van der Waals surface area contributed by atoms with Crippen molar-refractivity contribution in [3.8, 4) is 0 Å². The zero-order chi connectivity index (χ0) is 28.8. The van der Waals surface area contributed by atoms with Crippen LogP contribution in [-0.2, 0) is 16.0 Å². The summed E-state index contributed by atoms with van der Waals surface area (Å²) in [6.07, 6.45) is -1.60. The highest BCUT2D eigenvalue weighted by Crippen LogP contribution is 2.51. The van der Waals surface area contributed by atoms with Gasteiger partial charge in [-0.15, -0.1) is 0 Å². The van der Waals surface area contributed by atoms with Gasteiger partial charge >= 0.3 is 6.18 Å². The van der Waals surface area contributed by atoms with Crippen molar-refractivity contribution in [3.63, 3.8) is 0 Å². The Kier molecular flexibility index (Phi) is 7.64. The molecule has 0 unspecified atom stereocenters. The van der Waals surface area contributed by atoms with Crippen LogP contribution in [0.25, 0.3) is 0 Å². The molecule has 2 fully saturated rings. The first-order chi connectivity index (χ1) is 18.9. The summed E-state index contributed by atoms with van der Waals surface area (Å²) in [5, 5.41) is 21.7. The van der Waals surface area contributed by atoms with Crippen LogP contribution in [-0.4, -0.2) is 50.9 Å². The molecule has 12 heteroatoms. The first-order valence-corrected chi connectivity index (χ1v) is 13.8. The quantitative estimate of drug-likeness (QED) is 0.352. The van der Waals surface area contributed by atoms with Gasteiger partial charge in [-0.2, -0.15) is 18.3 Å². The number of halogens is 3. The van der Waals surface area contributed by atoms with Gasteiger partial charge in [0.15, 0.2) is 0 Å². The number of anilines is 1. The number of aliphatic hydroxyl groups is 1. The van der Waals surface area contributed by atoms with Crippen LogP contribution in [0, 0.1) is 17.8 Å². The largest absolute Gasteiger partial charge is 0.423 e. The Hall–Kier alpha value is -3.41. The predicted octanol–water partition coefficient (Wildman–Crippen LogP) is 3.66. The summed E-state index contributed by atoms with van der Waals surface area (Å²) in [5.74, 6) is -1.36. The van der Waals surface area contributed by atoms with Crippen LogP contribution in [0.4, 0.5) is 18.9 Å². The third-order valence-electron chi connectivity index (χ3n) is 8.04. The van der Waals surface area contributed by atoms with Gasteiger partial charge < -0.3 is 21.1 Å². The fourth-order valence-corrected chi connectivity index (χ4v) is 5.81. The minimum Gasteiger partial charge on any atom is -0.376 e. The van der Waals surface area contributed by atoms with E-state index in [-0.39, 0.29) is 23.8 Å². The number of carbonyl (C=O) groups is 3. The Morgan fingerprint density at radius 3 is 2.30 bits per heavy atom. The lowest BCUT2D eigenvalue weighted by Gasteiger charge is -2.28. The van der Waals surface area contributed by atoms with Crippen molar-refractivity contribution in [1.82, 2.24) is 20.4 Å². The number of aliphatic hydroxyl groups excluding tert-OH is 1. The van der Waals surface area contributed by atoms with Crippen LogP contribution in [0.1, 0.15) is 79.7 Å². The van der Waals surface area contributed by atoms with Crippen LogP contribution in [0.15, 0.2) is 30.5 Å². The molecule has 40 heavy (non-hydrogen) atoms. The van der Waals surface area contributed by atoms with E-state index >= 15 is 0 Å². The minimum atomic E-state index is -5.04. The maximum atomic E-state index is 13.7. The van der Waals surface area contributed by atoms with Gasteiger partial charge in [0, 0.05) is 17.9 Å². The number of benzene rings is 1. The van der Waals surface area contributed by atoms with Crippen LogP contribution in [0.5, 0.6) is 0 Å². The lowest BCUT2D eigenvalue weighted by molar-refractivity contribution is -0.205. The number of alkyl halides is 3. The zero-order valence-corrected chi connectivity index (χ0v) is 22.4. The standard InChI is InChI=1S/C28H34F3N5O4/c1-14(2)36-21(11-12-32-36)25(38)35-23(22(15-3-4-15)16-5-6-16)26(39)33-18-8-9-19-17(13-18)7-10-20(19)34-27(40)24(37)28(29,30)31/h8-9,11-16,20,22-24,37H,3-7,10H2,1-2H3,(H,33,39)(H,34,40)(H,35,38)/t20-,23+,24-/m1/s1. The lowest BCUT2D eigenvalue weighted by Crippen LogP contribution is -2.50. The Morgan fingerprint density at radius 1 is 1.02 bits per heavy atom. The molecule has 3 aliphatic carbocycles. The van der Waals surface area contributed by atoms with Crippen LogP contribution in [0.2, 0.25) is 0 Å². The molecule has 3 amide bonds. The maximum Gasteiger partial charge on any atom is 0.423 e. The Balaban J connectivity index is 1.31. The number of carbonyl (C=O) groups excluding carboxylic acids is 3. The van der Waals surface area contributed by atoms with E-state index in [1.807, 2.05) is 13.8 Å². The third kappa shape index (κ3) is 6.01. The molecule has 1 aromatic carbocycles. The predicted molar refractivity (Wildman–Crippen MR) is 139 cm³/mol. The average Bonchev–Trinajstić information content (AvgIpc) is 3.82. The number of amides is 3. The Bertz CT molecular complexity index is 1270. The minimum absolute atomic E-state index is 0.0255. The SMILES string of the molecule is CC(C)n1nccc1C(=O)N[C@H](C(=O)Nc1ccc2c(c1)CC[C@H]2NC(=O)[C@@H](O)C(F)(F)F)C(C1CC1)C1CC1. The molecule has 9 nitrogen and oxygen atoms in total. The molecule has 3 aliphatic rings. The van der Waals surface area contributed by atoms with Crippen molar-refractivity contribution in [3.05, 3.63) is 47.3 Å². The van der Waals surface area contributed by atoms with E-state index < -0.39 is 30.3 Å². The second-order valence-corrected chi connectivity index (χ2v) is 11.4. The molecular formula is C28H34F3N5O4. The summed E-state index contributed by atoms with van der Waals surface area (Å²) in [6, 6.07) is 5.26. The summed E-state index contributed by atoms with van der Waals surface area (Å²) in [5.41, 5.74) is 2.32. The molecule has 5 rings (SSSR count). The smallest absolute Gasteiger partial charge is 0.376 e. The molecule has 2 saturated carbocycles. The number of nitrogens with one attached hydrogen (secondary N) is 3. The number of hydrogen-bond acceptors (Lipinski definition) is 5. The van der Waals surface area contributed by atoms with Crippen LogP contribution >= 0.6 is 0 Å². The molecule has 2 aromatic rings. The van der Waals surface area contributed by atoms with Gasteiger partial charge in [-0.05, 0) is 99.5 Å². The lowest BCUT2D eigenvalue weighted by atomic mass is 9.88. The van der Waals surface area contributed by atoms with E-state index in [1.165, 1.54) is 0 Å². The van der Waals surface area contributed by atoms with Crippen molar-refractivity contribution < 1.29 is 32.7 Å². The molecule has 0 spiro atoms. The van der Waals surface area contributed by atoms with Gasteiger partial charge in [0.25, 0.3) is 11.8 Å². The number of aromatic nitrogens is 2. The van der Waals surface area contributed by atoms with E-state index in [4.69, 9.17) is 0 Å². The summed E-state index contributed by atoms with van der Waals surface area (Å²) in [7, 11) is 0. The van der Waals surface area contributed by atoms with E-state index in [0.717, 1.165) is 31.2 Å². The van der Waals surface area contributed by atoms with Crippen molar-refractivity contribution in [1.29, 1.82) is 0 Å². The number of nitrogens with zero attached hydrogens (tertiary/aromatic N) is 2. The van der Waals surface area contributed by atoms with Gasteiger partial charge in [-0.1, -0.05) is 6.07 Å². The number of aryl methyl sites for hydroxylation is 1. The van der Waals surface area contributed by atoms with Gasteiger partial charge in [0.2, 0.25) is 12.0 Å². The fourth-order valence-electron chi connectivity index (χ4n) is 5.81. The van der Waals surface area contributed by atoms with E-state index in [1.54, 1.807) is 35.1 Å². The highest BCUT2D eigenvalue weighted by atomic mass is 19.4. The third-order valence-corrected chi connectivity index (χ3v) is 8.04.